The smallest absolute Gasteiger partial charge is 0.157 e. The van der Waals surface area contributed by atoms with Gasteiger partial charge >= 0.3 is 0 Å². The number of halogens is 1. The number of aromatic hydroxyl groups is 2. The highest BCUT2D eigenvalue weighted by Crippen LogP contribution is 2.37. The summed E-state index contributed by atoms with van der Waals surface area (Å²) in [6.07, 6.45) is 0. The molecule has 2 rings (SSSR count). The molecule has 2 N–H and O–H groups in total. The minimum Gasteiger partial charge on any atom is -0.506 e. The minimum absolute atomic E-state index is 0.00380. The van der Waals surface area contributed by atoms with Gasteiger partial charge < -0.3 is 10.2 Å². The zero-order valence-electron chi connectivity index (χ0n) is 9.40. The van der Waals surface area contributed by atoms with Crippen LogP contribution in [-0.2, 0) is 0 Å². The predicted molar refractivity (Wildman–Crippen MR) is 68.0 cm³/mol. The van der Waals surface area contributed by atoms with Crippen LogP contribution in [0.15, 0.2) is 22.7 Å². The van der Waals surface area contributed by atoms with Crippen molar-refractivity contribution in [2.24, 2.45) is 0 Å². The number of pyridine rings is 2. The lowest BCUT2D eigenvalue weighted by Gasteiger charge is -2.08. The van der Waals surface area contributed by atoms with E-state index in [1.807, 2.05) is 6.92 Å². The third kappa shape index (κ3) is 2.24. The van der Waals surface area contributed by atoms with Gasteiger partial charge in [-0.05, 0) is 48.0 Å². The van der Waals surface area contributed by atoms with Crippen LogP contribution >= 0.6 is 15.9 Å². The molecule has 2 aromatic heterocycles. The summed E-state index contributed by atoms with van der Waals surface area (Å²) >= 11 is 3.24. The van der Waals surface area contributed by atoms with Gasteiger partial charge in [0.2, 0.25) is 0 Å². The van der Waals surface area contributed by atoms with Gasteiger partial charge in [0.15, 0.2) is 5.75 Å². The molecule has 0 unspecified atom stereocenters. The van der Waals surface area contributed by atoms with Crippen molar-refractivity contribution in [3.8, 4) is 22.9 Å². The van der Waals surface area contributed by atoms with Gasteiger partial charge in [0.25, 0.3) is 0 Å². The Kier molecular flexibility index (Phi) is 3.02. The average molecular weight is 295 g/mol. The number of aryl methyl sites for hydroxylation is 2. The van der Waals surface area contributed by atoms with Crippen LogP contribution in [0.5, 0.6) is 11.5 Å². The van der Waals surface area contributed by atoms with Crippen molar-refractivity contribution in [2.75, 3.05) is 0 Å². The fraction of sp³-hybridized carbons (Fsp3) is 0.167. The van der Waals surface area contributed by atoms with E-state index in [2.05, 4.69) is 25.9 Å². The van der Waals surface area contributed by atoms with Crippen LogP contribution in [-0.4, -0.2) is 20.2 Å². The molecular formula is C12H11BrN2O2. The lowest BCUT2D eigenvalue weighted by Crippen LogP contribution is -1.93. The van der Waals surface area contributed by atoms with Gasteiger partial charge in [0.1, 0.15) is 17.1 Å². The number of aromatic nitrogens is 2. The first kappa shape index (κ1) is 11.9. The third-order valence-corrected chi connectivity index (χ3v) is 2.92. The fourth-order valence-corrected chi connectivity index (χ4v) is 2.03. The molecule has 0 aliphatic rings. The van der Waals surface area contributed by atoms with Crippen LogP contribution in [0, 0.1) is 13.8 Å². The minimum atomic E-state index is -0.0241. The molecule has 5 heteroatoms. The summed E-state index contributed by atoms with van der Waals surface area (Å²) in [7, 11) is 0. The Balaban J connectivity index is 2.72. The van der Waals surface area contributed by atoms with E-state index in [0.29, 0.717) is 4.47 Å². The van der Waals surface area contributed by atoms with Crippen LogP contribution in [0.3, 0.4) is 0 Å². The average Bonchev–Trinajstić information content (AvgIpc) is 2.27. The molecular weight excluding hydrogens is 284 g/mol. The first-order chi connectivity index (χ1) is 7.99. The Bertz CT molecular complexity index is 585. The second-order valence-electron chi connectivity index (χ2n) is 3.76. The lowest BCUT2D eigenvalue weighted by atomic mass is 10.2. The zero-order valence-corrected chi connectivity index (χ0v) is 11.0. The highest BCUT2D eigenvalue weighted by atomic mass is 79.9. The Morgan fingerprint density at radius 3 is 2.35 bits per heavy atom. The van der Waals surface area contributed by atoms with E-state index in [-0.39, 0.29) is 22.9 Å². The standard InChI is InChI=1S/C12H11BrN2O2/c1-6-3-4-9(16)10(14-6)11-12(17)8(13)5-7(2)15-11/h3-5,16-17H,1-2H3. The van der Waals surface area contributed by atoms with Crippen molar-refractivity contribution in [1.29, 1.82) is 0 Å². The van der Waals surface area contributed by atoms with Crippen molar-refractivity contribution in [1.82, 2.24) is 9.97 Å². The highest BCUT2D eigenvalue weighted by Gasteiger charge is 2.15. The van der Waals surface area contributed by atoms with Crippen molar-refractivity contribution in [3.63, 3.8) is 0 Å². The van der Waals surface area contributed by atoms with Gasteiger partial charge in [-0.3, -0.25) is 0 Å². The van der Waals surface area contributed by atoms with E-state index in [4.69, 9.17) is 0 Å². The van der Waals surface area contributed by atoms with Gasteiger partial charge in [-0.15, -0.1) is 0 Å². The Morgan fingerprint density at radius 1 is 1.00 bits per heavy atom. The zero-order chi connectivity index (χ0) is 12.6. The van der Waals surface area contributed by atoms with Crippen LogP contribution in [0.4, 0.5) is 0 Å². The topological polar surface area (TPSA) is 66.2 Å². The molecule has 0 saturated carbocycles. The molecule has 0 atom stereocenters. The number of rotatable bonds is 1. The summed E-state index contributed by atoms with van der Waals surface area (Å²) in [5.41, 5.74) is 2.04. The van der Waals surface area contributed by atoms with Crippen LogP contribution in [0.2, 0.25) is 0 Å². The second kappa shape index (κ2) is 4.33. The van der Waals surface area contributed by atoms with Gasteiger partial charge in [0.05, 0.1) is 4.47 Å². The molecule has 2 aromatic rings. The monoisotopic (exact) mass is 294 g/mol. The molecule has 0 radical (unpaired) electrons. The van der Waals surface area contributed by atoms with Crippen molar-refractivity contribution in [3.05, 3.63) is 34.1 Å². The molecule has 0 amide bonds. The first-order valence-electron chi connectivity index (χ1n) is 5.02. The molecule has 0 bridgehead atoms. The molecule has 0 aliphatic carbocycles. The Hall–Kier alpha value is -1.62. The Morgan fingerprint density at radius 2 is 1.65 bits per heavy atom. The summed E-state index contributed by atoms with van der Waals surface area (Å²) in [6.45, 7) is 3.62. The van der Waals surface area contributed by atoms with Crippen molar-refractivity contribution >= 4 is 15.9 Å². The van der Waals surface area contributed by atoms with Crippen LogP contribution < -0.4 is 0 Å². The Labute approximate surface area is 107 Å². The quantitative estimate of drug-likeness (QED) is 0.849. The maximum Gasteiger partial charge on any atom is 0.157 e. The molecule has 2 heterocycles. The van der Waals surface area contributed by atoms with Crippen molar-refractivity contribution < 1.29 is 10.2 Å². The van der Waals surface area contributed by atoms with Crippen molar-refractivity contribution in [2.45, 2.75) is 13.8 Å². The predicted octanol–water partition coefficient (Wildman–Crippen LogP) is 2.93. The molecule has 0 aliphatic heterocycles. The normalized spacial score (nSPS) is 10.5. The molecule has 0 spiro atoms. The SMILES string of the molecule is Cc1ccc(O)c(-c2nc(C)cc(Br)c2O)n1. The molecule has 4 nitrogen and oxygen atoms in total. The van der Waals surface area contributed by atoms with Gasteiger partial charge in [-0.1, -0.05) is 0 Å². The third-order valence-electron chi connectivity index (χ3n) is 2.31. The molecule has 0 aromatic carbocycles. The summed E-state index contributed by atoms with van der Waals surface area (Å²) in [6, 6.07) is 4.93. The number of hydrogen-bond acceptors (Lipinski definition) is 4. The molecule has 0 fully saturated rings. The summed E-state index contributed by atoms with van der Waals surface area (Å²) in [5.74, 6) is -0.0279. The van der Waals surface area contributed by atoms with E-state index in [1.54, 1.807) is 19.1 Å². The largest absolute Gasteiger partial charge is 0.506 e. The molecule has 88 valence electrons. The summed E-state index contributed by atoms with van der Waals surface area (Å²) in [5, 5.41) is 19.7. The van der Waals surface area contributed by atoms with Gasteiger partial charge in [-0.2, -0.15) is 0 Å². The maximum absolute atomic E-state index is 9.93. The number of nitrogens with zero attached hydrogens (tertiary/aromatic N) is 2. The van der Waals surface area contributed by atoms with E-state index in [9.17, 15) is 10.2 Å². The summed E-state index contributed by atoms with van der Waals surface area (Å²) < 4.78 is 0.530. The highest BCUT2D eigenvalue weighted by molar-refractivity contribution is 9.10. The van der Waals surface area contributed by atoms with E-state index in [0.717, 1.165) is 11.4 Å². The maximum atomic E-state index is 9.93. The van der Waals surface area contributed by atoms with Gasteiger partial charge in [-0.25, -0.2) is 9.97 Å². The van der Waals surface area contributed by atoms with Crippen LogP contribution in [0.1, 0.15) is 11.4 Å². The van der Waals surface area contributed by atoms with Crippen LogP contribution in [0.25, 0.3) is 11.4 Å². The fourth-order valence-electron chi connectivity index (χ4n) is 1.52. The molecule has 0 saturated heterocycles. The molecule has 17 heavy (non-hydrogen) atoms. The first-order valence-corrected chi connectivity index (χ1v) is 5.81. The van der Waals surface area contributed by atoms with E-state index < -0.39 is 0 Å². The summed E-state index contributed by atoms with van der Waals surface area (Å²) in [4.78, 5) is 8.40. The van der Waals surface area contributed by atoms with E-state index in [1.165, 1.54) is 6.07 Å². The lowest BCUT2D eigenvalue weighted by molar-refractivity contribution is 0.463. The van der Waals surface area contributed by atoms with Gasteiger partial charge in [0, 0.05) is 11.4 Å². The number of hydrogen-bond donors (Lipinski definition) is 2. The second-order valence-corrected chi connectivity index (χ2v) is 4.62. The van der Waals surface area contributed by atoms with E-state index >= 15 is 0 Å².